The van der Waals surface area contributed by atoms with Crippen LogP contribution in [0.2, 0.25) is 5.02 Å². The fraction of sp³-hybridized carbons (Fsp3) is 0. The lowest BCUT2D eigenvalue weighted by Crippen LogP contribution is -2.01. The maximum atomic E-state index is 12.1. The highest BCUT2D eigenvalue weighted by Gasteiger charge is 2.12. The minimum absolute atomic E-state index is 0.125. The summed E-state index contributed by atoms with van der Waals surface area (Å²) in [5, 5.41) is 11.5. The van der Waals surface area contributed by atoms with E-state index in [1.54, 1.807) is 30.3 Å². The average molecular weight is 274 g/mol. The van der Waals surface area contributed by atoms with Gasteiger partial charge in [-0.1, -0.05) is 17.7 Å². The molecule has 1 heterocycles. The lowest BCUT2D eigenvalue weighted by molar-refractivity contribution is 0.104. The van der Waals surface area contributed by atoms with Gasteiger partial charge in [0.15, 0.2) is 0 Å². The van der Waals surface area contributed by atoms with Crippen molar-refractivity contribution in [3.05, 3.63) is 62.8 Å². The molecule has 0 aliphatic heterocycles. The Hall–Kier alpha value is -1.89. The first-order chi connectivity index (χ1) is 8.70. The minimum atomic E-state index is -0.289. The van der Waals surface area contributed by atoms with E-state index < -0.39 is 0 Å². The predicted molar refractivity (Wildman–Crippen MR) is 73.7 cm³/mol. The molecular weight excluding hydrogens is 266 g/mol. The zero-order valence-corrected chi connectivity index (χ0v) is 10.8. The Bertz CT molecular complexity index is 621. The monoisotopic (exact) mass is 273 g/mol. The summed E-state index contributed by atoms with van der Waals surface area (Å²) >= 11 is 7.24. The maximum Gasteiger partial charge on any atom is 0.203 e. The van der Waals surface area contributed by atoms with Gasteiger partial charge in [-0.05, 0) is 41.8 Å². The Morgan fingerprint density at radius 1 is 1.28 bits per heavy atom. The van der Waals surface area contributed by atoms with Crippen LogP contribution >= 0.6 is 22.9 Å². The average Bonchev–Trinajstić information content (AvgIpc) is 2.89. The summed E-state index contributed by atoms with van der Waals surface area (Å²) in [6.45, 7) is 0. The van der Waals surface area contributed by atoms with Gasteiger partial charge in [-0.15, -0.1) is 11.3 Å². The fourth-order valence-corrected chi connectivity index (χ4v) is 2.20. The highest BCUT2D eigenvalue weighted by molar-refractivity contribution is 7.10. The van der Waals surface area contributed by atoms with E-state index in [1.807, 2.05) is 23.6 Å². The molecule has 1 aromatic heterocycles. The molecule has 0 fully saturated rings. The van der Waals surface area contributed by atoms with E-state index in [0.29, 0.717) is 10.6 Å². The van der Waals surface area contributed by atoms with E-state index in [9.17, 15) is 4.79 Å². The summed E-state index contributed by atoms with van der Waals surface area (Å²) in [6, 6.07) is 12.2. The number of ketones is 1. The highest BCUT2D eigenvalue weighted by atomic mass is 35.5. The number of Topliss-reactive ketones (excluding diaryl/α,β-unsaturated/α-hetero) is 1. The third-order valence-electron chi connectivity index (χ3n) is 2.30. The summed E-state index contributed by atoms with van der Waals surface area (Å²) in [5.74, 6) is -0.289. The lowest BCUT2D eigenvalue weighted by atomic mass is 10.0. The molecule has 0 amide bonds. The smallest absolute Gasteiger partial charge is 0.203 e. The van der Waals surface area contributed by atoms with Crippen LogP contribution in [0.1, 0.15) is 15.2 Å². The van der Waals surface area contributed by atoms with Crippen molar-refractivity contribution < 1.29 is 4.79 Å². The molecule has 0 unspecified atom stereocenters. The molecule has 0 saturated carbocycles. The van der Waals surface area contributed by atoms with Gasteiger partial charge in [-0.25, -0.2) is 0 Å². The number of nitriles is 1. The van der Waals surface area contributed by atoms with Crippen molar-refractivity contribution in [1.82, 2.24) is 0 Å². The molecule has 88 valence electrons. The molecule has 0 aliphatic carbocycles. The van der Waals surface area contributed by atoms with Crippen LogP contribution in [-0.2, 0) is 0 Å². The molecule has 0 bridgehead atoms. The predicted octanol–water partition coefficient (Wildman–Crippen LogP) is 4.19. The van der Waals surface area contributed by atoms with Crippen LogP contribution in [0.15, 0.2) is 47.4 Å². The van der Waals surface area contributed by atoms with Crippen LogP contribution in [0.4, 0.5) is 0 Å². The molecule has 0 atom stereocenters. The molecular formula is C14H8ClNOS. The number of hydrogen-bond donors (Lipinski definition) is 0. The molecule has 0 radical (unpaired) electrons. The second-order valence-electron chi connectivity index (χ2n) is 3.52. The van der Waals surface area contributed by atoms with Gasteiger partial charge in [-0.3, -0.25) is 4.79 Å². The molecule has 4 heteroatoms. The fourth-order valence-electron chi connectivity index (χ4n) is 1.42. The molecule has 0 spiro atoms. The van der Waals surface area contributed by atoms with Gasteiger partial charge >= 0.3 is 0 Å². The zero-order chi connectivity index (χ0) is 13.0. The van der Waals surface area contributed by atoms with Gasteiger partial charge in [0.25, 0.3) is 0 Å². The SMILES string of the molecule is N#C/C(=C\c1cccs1)C(=O)c1ccc(Cl)cc1. The van der Waals surface area contributed by atoms with Gasteiger partial charge in [0.05, 0.1) is 0 Å². The van der Waals surface area contributed by atoms with E-state index in [1.165, 1.54) is 11.3 Å². The summed E-state index contributed by atoms with van der Waals surface area (Å²) in [6.07, 6.45) is 1.60. The van der Waals surface area contributed by atoms with Gasteiger partial charge in [0.1, 0.15) is 11.6 Å². The number of thiophene rings is 1. The van der Waals surface area contributed by atoms with Gasteiger partial charge in [0, 0.05) is 15.5 Å². The lowest BCUT2D eigenvalue weighted by Gasteiger charge is -1.99. The normalized spacial score (nSPS) is 11.0. The van der Waals surface area contributed by atoms with E-state index >= 15 is 0 Å². The highest BCUT2D eigenvalue weighted by Crippen LogP contribution is 2.17. The summed E-state index contributed by atoms with van der Waals surface area (Å²) in [5.41, 5.74) is 0.587. The molecule has 2 rings (SSSR count). The number of allylic oxidation sites excluding steroid dienone is 1. The summed E-state index contributed by atoms with van der Waals surface area (Å²) < 4.78 is 0. The van der Waals surface area contributed by atoms with Crippen LogP contribution < -0.4 is 0 Å². The van der Waals surface area contributed by atoms with Crippen molar-refractivity contribution in [2.45, 2.75) is 0 Å². The Balaban J connectivity index is 2.32. The largest absolute Gasteiger partial charge is 0.288 e. The number of halogens is 1. The Labute approximate surface area is 114 Å². The van der Waals surface area contributed by atoms with E-state index in [0.717, 1.165) is 4.88 Å². The first kappa shape index (κ1) is 12.6. The van der Waals surface area contributed by atoms with Crippen LogP contribution in [0.25, 0.3) is 6.08 Å². The minimum Gasteiger partial charge on any atom is -0.288 e. The van der Waals surface area contributed by atoms with Crippen molar-refractivity contribution in [3.63, 3.8) is 0 Å². The first-order valence-corrected chi connectivity index (χ1v) is 6.42. The van der Waals surface area contributed by atoms with Crippen LogP contribution in [0, 0.1) is 11.3 Å². The second kappa shape index (κ2) is 5.63. The van der Waals surface area contributed by atoms with Crippen molar-refractivity contribution >= 4 is 34.8 Å². The van der Waals surface area contributed by atoms with E-state index in [2.05, 4.69) is 0 Å². The third kappa shape index (κ3) is 2.86. The van der Waals surface area contributed by atoms with Crippen LogP contribution in [-0.4, -0.2) is 5.78 Å². The molecule has 0 N–H and O–H groups in total. The van der Waals surface area contributed by atoms with Gasteiger partial charge in [0.2, 0.25) is 5.78 Å². The zero-order valence-electron chi connectivity index (χ0n) is 9.26. The molecule has 0 saturated heterocycles. The van der Waals surface area contributed by atoms with Crippen LogP contribution in [0.5, 0.6) is 0 Å². The maximum absolute atomic E-state index is 12.1. The van der Waals surface area contributed by atoms with E-state index in [-0.39, 0.29) is 11.4 Å². The Morgan fingerprint density at radius 3 is 2.56 bits per heavy atom. The molecule has 18 heavy (non-hydrogen) atoms. The molecule has 2 aromatic rings. The number of carbonyl (C=O) groups excluding carboxylic acids is 1. The molecule has 0 aliphatic rings. The van der Waals surface area contributed by atoms with Crippen molar-refractivity contribution in [1.29, 1.82) is 5.26 Å². The number of nitrogens with zero attached hydrogens (tertiary/aromatic N) is 1. The topological polar surface area (TPSA) is 40.9 Å². The number of carbonyl (C=O) groups is 1. The number of hydrogen-bond acceptors (Lipinski definition) is 3. The third-order valence-corrected chi connectivity index (χ3v) is 3.37. The Kier molecular flexibility index (Phi) is 3.93. The van der Waals surface area contributed by atoms with Gasteiger partial charge in [-0.2, -0.15) is 5.26 Å². The summed E-state index contributed by atoms with van der Waals surface area (Å²) in [4.78, 5) is 13.0. The van der Waals surface area contributed by atoms with Crippen molar-refractivity contribution in [2.75, 3.05) is 0 Å². The first-order valence-electron chi connectivity index (χ1n) is 5.16. The number of benzene rings is 1. The van der Waals surface area contributed by atoms with Crippen molar-refractivity contribution in [3.8, 4) is 6.07 Å². The van der Waals surface area contributed by atoms with Crippen molar-refractivity contribution in [2.24, 2.45) is 0 Å². The quantitative estimate of drug-likeness (QED) is 0.478. The van der Waals surface area contributed by atoms with E-state index in [4.69, 9.17) is 16.9 Å². The second-order valence-corrected chi connectivity index (χ2v) is 4.94. The molecule has 2 nitrogen and oxygen atoms in total. The summed E-state index contributed by atoms with van der Waals surface area (Å²) in [7, 11) is 0. The molecule has 1 aromatic carbocycles. The standard InChI is InChI=1S/C14H8ClNOS/c15-12-5-3-10(4-6-12)14(17)11(9-16)8-13-2-1-7-18-13/h1-8H/b11-8+. The van der Waals surface area contributed by atoms with Crippen LogP contribution in [0.3, 0.4) is 0 Å². The Morgan fingerprint density at radius 2 is 2.00 bits per heavy atom. The number of rotatable bonds is 3. The van der Waals surface area contributed by atoms with Gasteiger partial charge < -0.3 is 0 Å².